The van der Waals surface area contributed by atoms with Crippen LogP contribution in [0.2, 0.25) is 0 Å². The molecule has 1 aliphatic heterocycles. The second-order valence-corrected chi connectivity index (χ2v) is 6.41. The standard InChI is InChI=1S/C13H19BrN4O2/c1-8-11(14)9(17(4)16-8)7-18-6-5-10(19)15-13(2,3)12(18)20/h5-7H2,1-4H3,(H,15,19). The third-order valence-electron chi connectivity index (χ3n) is 3.48. The van der Waals surface area contributed by atoms with Gasteiger partial charge in [0.15, 0.2) is 0 Å². The Balaban J connectivity index is 2.28. The number of carbonyl (C=O) groups is 2. The number of carbonyl (C=O) groups excluding carboxylic acids is 2. The first-order chi connectivity index (χ1) is 9.22. The van der Waals surface area contributed by atoms with Gasteiger partial charge in [-0.05, 0) is 36.7 Å². The van der Waals surface area contributed by atoms with Gasteiger partial charge in [0.25, 0.3) is 0 Å². The maximum atomic E-state index is 12.5. The van der Waals surface area contributed by atoms with Crippen molar-refractivity contribution in [3.63, 3.8) is 0 Å². The lowest BCUT2D eigenvalue weighted by Crippen LogP contribution is -2.52. The Labute approximate surface area is 126 Å². The van der Waals surface area contributed by atoms with Crippen LogP contribution < -0.4 is 5.32 Å². The molecular weight excluding hydrogens is 324 g/mol. The molecule has 1 saturated heterocycles. The lowest BCUT2D eigenvalue weighted by molar-refractivity contribution is -0.137. The summed E-state index contributed by atoms with van der Waals surface area (Å²) in [5.74, 6) is -0.166. The van der Waals surface area contributed by atoms with Crippen LogP contribution in [0.25, 0.3) is 0 Å². The molecule has 1 aliphatic rings. The highest BCUT2D eigenvalue weighted by Crippen LogP contribution is 2.23. The molecule has 2 rings (SSSR count). The molecule has 0 aliphatic carbocycles. The molecule has 0 atom stereocenters. The molecular formula is C13H19BrN4O2. The molecule has 0 spiro atoms. The molecule has 0 radical (unpaired) electrons. The zero-order valence-corrected chi connectivity index (χ0v) is 13.7. The summed E-state index contributed by atoms with van der Waals surface area (Å²) in [6.45, 7) is 6.23. The van der Waals surface area contributed by atoms with Crippen LogP contribution in [0.4, 0.5) is 0 Å². The summed E-state index contributed by atoms with van der Waals surface area (Å²) in [6, 6.07) is 0. The minimum atomic E-state index is -0.867. The first kappa shape index (κ1) is 15.0. The number of aromatic nitrogens is 2. The number of nitrogens with zero attached hydrogens (tertiary/aromatic N) is 3. The van der Waals surface area contributed by atoms with Gasteiger partial charge in [-0.3, -0.25) is 14.3 Å². The fourth-order valence-corrected chi connectivity index (χ4v) is 2.84. The maximum Gasteiger partial charge on any atom is 0.248 e. The van der Waals surface area contributed by atoms with Crippen molar-refractivity contribution in [3.05, 3.63) is 15.9 Å². The monoisotopic (exact) mass is 342 g/mol. The minimum absolute atomic E-state index is 0.0749. The van der Waals surface area contributed by atoms with Crippen molar-refractivity contribution in [3.8, 4) is 0 Å². The Bertz CT molecular complexity index is 565. The van der Waals surface area contributed by atoms with Crippen molar-refractivity contribution < 1.29 is 9.59 Å². The van der Waals surface area contributed by atoms with Gasteiger partial charge in [0.1, 0.15) is 5.54 Å². The van der Waals surface area contributed by atoms with E-state index in [1.807, 2.05) is 14.0 Å². The number of hydrogen-bond acceptors (Lipinski definition) is 3. The Morgan fingerprint density at radius 2 is 2.05 bits per heavy atom. The van der Waals surface area contributed by atoms with Gasteiger partial charge in [0, 0.05) is 20.0 Å². The van der Waals surface area contributed by atoms with Crippen molar-refractivity contribution in [2.75, 3.05) is 6.54 Å². The van der Waals surface area contributed by atoms with Crippen LogP contribution >= 0.6 is 15.9 Å². The topological polar surface area (TPSA) is 67.2 Å². The quantitative estimate of drug-likeness (QED) is 0.875. The molecule has 6 nitrogen and oxygen atoms in total. The van der Waals surface area contributed by atoms with Crippen LogP contribution in [0, 0.1) is 6.92 Å². The Kier molecular flexibility index (Phi) is 3.90. The fraction of sp³-hybridized carbons (Fsp3) is 0.615. The molecule has 1 aromatic rings. The van der Waals surface area contributed by atoms with E-state index in [9.17, 15) is 9.59 Å². The lowest BCUT2D eigenvalue weighted by Gasteiger charge is -2.28. The summed E-state index contributed by atoms with van der Waals surface area (Å²) in [5.41, 5.74) is 0.951. The van der Waals surface area contributed by atoms with Gasteiger partial charge in [-0.2, -0.15) is 5.10 Å². The zero-order valence-electron chi connectivity index (χ0n) is 12.2. The summed E-state index contributed by atoms with van der Waals surface area (Å²) in [6.07, 6.45) is 0.323. The summed E-state index contributed by atoms with van der Waals surface area (Å²) in [5, 5.41) is 7.08. The van der Waals surface area contributed by atoms with E-state index < -0.39 is 5.54 Å². The van der Waals surface area contributed by atoms with Gasteiger partial charge in [0.2, 0.25) is 11.8 Å². The Hall–Kier alpha value is -1.37. The summed E-state index contributed by atoms with van der Waals surface area (Å²) in [7, 11) is 1.85. The van der Waals surface area contributed by atoms with Gasteiger partial charge >= 0.3 is 0 Å². The van der Waals surface area contributed by atoms with E-state index in [2.05, 4.69) is 26.3 Å². The van der Waals surface area contributed by atoms with E-state index in [1.54, 1.807) is 23.4 Å². The summed E-state index contributed by atoms with van der Waals surface area (Å²) < 4.78 is 2.67. The molecule has 2 heterocycles. The Morgan fingerprint density at radius 3 is 2.60 bits per heavy atom. The first-order valence-corrected chi connectivity index (χ1v) is 7.30. The molecule has 2 amide bonds. The molecule has 20 heavy (non-hydrogen) atoms. The number of hydrogen-bond donors (Lipinski definition) is 1. The highest BCUT2D eigenvalue weighted by Gasteiger charge is 2.36. The van der Waals surface area contributed by atoms with E-state index in [1.165, 1.54) is 0 Å². The molecule has 0 unspecified atom stereocenters. The van der Waals surface area contributed by atoms with Crippen LogP contribution in [0.1, 0.15) is 31.7 Å². The number of rotatable bonds is 2. The molecule has 1 aromatic heterocycles. The van der Waals surface area contributed by atoms with E-state index in [0.717, 1.165) is 15.9 Å². The van der Waals surface area contributed by atoms with Gasteiger partial charge < -0.3 is 10.2 Å². The maximum absolute atomic E-state index is 12.5. The molecule has 1 fully saturated rings. The van der Waals surface area contributed by atoms with Gasteiger partial charge in [-0.15, -0.1) is 0 Å². The van der Waals surface area contributed by atoms with E-state index in [4.69, 9.17) is 0 Å². The molecule has 0 saturated carbocycles. The molecule has 1 N–H and O–H groups in total. The molecule has 0 bridgehead atoms. The van der Waals surface area contributed by atoms with E-state index in [-0.39, 0.29) is 11.8 Å². The highest BCUT2D eigenvalue weighted by atomic mass is 79.9. The number of amides is 2. The Morgan fingerprint density at radius 1 is 1.40 bits per heavy atom. The predicted molar refractivity (Wildman–Crippen MR) is 77.9 cm³/mol. The van der Waals surface area contributed by atoms with Crippen molar-refractivity contribution in [1.29, 1.82) is 0 Å². The van der Waals surface area contributed by atoms with Crippen molar-refractivity contribution in [2.24, 2.45) is 7.05 Å². The molecule has 7 heteroatoms. The van der Waals surface area contributed by atoms with Crippen LogP contribution in [0.5, 0.6) is 0 Å². The van der Waals surface area contributed by atoms with Gasteiger partial charge in [-0.1, -0.05) is 0 Å². The normalized spacial score (nSPS) is 18.9. The number of halogens is 1. The number of aryl methyl sites for hydroxylation is 2. The van der Waals surface area contributed by atoms with Crippen LogP contribution in [0.15, 0.2) is 4.47 Å². The van der Waals surface area contributed by atoms with Crippen molar-refractivity contribution >= 4 is 27.7 Å². The fourth-order valence-electron chi connectivity index (χ4n) is 2.38. The largest absolute Gasteiger partial charge is 0.342 e. The third-order valence-corrected chi connectivity index (χ3v) is 4.52. The van der Waals surface area contributed by atoms with Crippen LogP contribution in [-0.2, 0) is 23.2 Å². The minimum Gasteiger partial charge on any atom is -0.342 e. The number of nitrogens with one attached hydrogen (secondary N) is 1. The van der Waals surface area contributed by atoms with Crippen LogP contribution in [0.3, 0.4) is 0 Å². The average Bonchev–Trinajstić information content (AvgIpc) is 2.52. The van der Waals surface area contributed by atoms with Crippen molar-refractivity contribution in [1.82, 2.24) is 20.0 Å². The highest BCUT2D eigenvalue weighted by molar-refractivity contribution is 9.10. The lowest BCUT2D eigenvalue weighted by atomic mass is 10.0. The van der Waals surface area contributed by atoms with E-state index >= 15 is 0 Å². The first-order valence-electron chi connectivity index (χ1n) is 6.50. The predicted octanol–water partition coefficient (Wildman–Crippen LogP) is 1.12. The van der Waals surface area contributed by atoms with E-state index in [0.29, 0.717) is 19.5 Å². The van der Waals surface area contributed by atoms with Crippen LogP contribution in [-0.4, -0.2) is 38.6 Å². The molecule has 110 valence electrons. The van der Waals surface area contributed by atoms with Gasteiger partial charge in [0.05, 0.1) is 22.4 Å². The van der Waals surface area contributed by atoms with Crippen molar-refractivity contribution in [2.45, 2.75) is 39.3 Å². The third kappa shape index (κ3) is 2.72. The summed E-state index contributed by atoms with van der Waals surface area (Å²) in [4.78, 5) is 25.9. The average molecular weight is 343 g/mol. The SMILES string of the molecule is Cc1nn(C)c(CN2CCC(=O)NC(C)(C)C2=O)c1Br. The molecule has 0 aromatic carbocycles. The van der Waals surface area contributed by atoms with Gasteiger partial charge in [-0.25, -0.2) is 0 Å². The smallest absolute Gasteiger partial charge is 0.248 e. The zero-order chi connectivity index (χ0) is 15.1. The second kappa shape index (κ2) is 5.20. The summed E-state index contributed by atoms with van der Waals surface area (Å²) >= 11 is 3.50. The second-order valence-electron chi connectivity index (χ2n) is 5.62.